The molecule has 3 heterocycles. The lowest BCUT2D eigenvalue weighted by molar-refractivity contribution is 0.0996. The summed E-state index contributed by atoms with van der Waals surface area (Å²) in [5, 5.41) is 17.4. The van der Waals surface area contributed by atoms with Crippen LogP contribution in [0.4, 0.5) is 5.82 Å². The third kappa shape index (κ3) is 3.35. The number of aryl methyl sites for hydroxylation is 1. The molecule has 4 rings (SSSR count). The van der Waals surface area contributed by atoms with Crippen LogP contribution in [0.5, 0.6) is 0 Å². The first-order valence-corrected chi connectivity index (χ1v) is 9.00. The molecule has 1 saturated heterocycles. The van der Waals surface area contributed by atoms with Gasteiger partial charge in [0, 0.05) is 19.3 Å². The van der Waals surface area contributed by atoms with Gasteiger partial charge in [-0.1, -0.05) is 11.6 Å². The maximum absolute atomic E-state index is 9.09. The molecule has 130 valence electrons. The summed E-state index contributed by atoms with van der Waals surface area (Å²) in [5.41, 5.74) is 2.27. The first kappa shape index (κ1) is 16.4. The highest BCUT2D eigenvalue weighted by atomic mass is 35.5. The Kier molecular flexibility index (Phi) is 4.36. The Labute approximate surface area is 151 Å². The molecule has 1 N–H and O–H groups in total. The first-order chi connectivity index (χ1) is 12.2. The van der Waals surface area contributed by atoms with Gasteiger partial charge in [0.05, 0.1) is 28.0 Å². The molecule has 0 aromatic carbocycles. The van der Waals surface area contributed by atoms with Crippen LogP contribution in [0.25, 0.3) is 0 Å². The van der Waals surface area contributed by atoms with Crippen molar-refractivity contribution in [2.75, 3.05) is 11.9 Å². The number of anilines is 1. The molecular weight excluding hydrogens is 338 g/mol. The molecule has 0 bridgehead atoms. The van der Waals surface area contributed by atoms with Crippen molar-refractivity contribution in [1.29, 1.82) is 5.26 Å². The van der Waals surface area contributed by atoms with Crippen LogP contribution in [0, 0.1) is 24.2 Å². The average molecular weight is 358 g/mol. The topological polar surface area (TPSA) is 75.8 Å². The van der Waals surface area contributed by atoms with Gasteiger partial charge >= 0.3 is 0 Å². The predicted molar refractivity (Wildman–Crippen MR) is 94.4 cm³/mol. The summed E-state index contributed by atoms with van der Waals surface area (Å²) in [4.78, 5) is 4.46. The molecule has 1 saturated carbocycles. The van der Waals surface area contributed by atoms with Gasteiger partial charge in [0.25, 0.3) is 0 Å². The molecule has 1 aliphatic carbocycles. The lowest BCUT2D eigenvalue weighted by Crippen LogP contribution is -2.26. The number of rotatable bonds is 5. The number of ether oxygens (including phenoxy) is 1. The Hall–Kier alpha value is -2.10. The van der Waals surface area contributed by atoms with E-state index in [1.54, 1.807) is 6.07 Å². The molecule has 0 amide bonds. The third-order valence-corrected chi connectivity index (χ3v) is 5.16. The maximum atomic E-state index is 9.09. The molecule has 2 aromatic rings. The van der Waals surface area contributed by atoms with Crippen molar-refractivity contribution >= 4 is 17.4 Å². The van der Waals surface area contributed by atoms with Crippen molar-refractivity contribution in [2.24, 2.45) is 5.92 Å². The largest absolute Gasteiger partial charge is 0.370 e. The van der Waals surface area contributed by atoms with Crippen LogP contribution in [0.1, 0.15) is 42.3 Å². The fraction of sp³-hybridized carbons (Fsp3) is 0.500. The average Bonchev–Trinajstić information content (AvgIpc) is 3.10. The number of nitrogens with one attached hydrogen (secondary N) is 1. The number of nitriles is 1. The van der Waals surface area contributed by atoms with E-state index in [2.05, 4.69) is 26.2 Å². The van der Waals surface area contributed by atoms with E-state index in [-0.39, 0.29) is 12.1 Å². The van der Waals surface area contributed by atoms with E-state index in [0.29, 0.717) is 28.7 Å². The van der Waals surface area contributed by atoms with Gasteiger partial charge in [-0.25, -0.2) is 4.98 Å². The minimum atomic E-state index is -0.0740. The molecule has 0 spiro atoms. The van der Waals surface area contributed by atoms with Crippen LogP contribution < -0.4 is 5.32 Å². The SMILES string of the molecule is Cc1nc(N[C@H]2CCO[C@@H]2c2ccnn2CC2CC2)c(Cl)cc1C#N. The zero-order valence-electron chi connectivity index (χ0n) is 14.1. The second kappa shape index (κ2) is 6.66. The minimum absolute atomic E-state index is 0.0740. The molecule has 7 heteroatoms. The predicted octanol–water partition coefficient (Wildman–Crippen LogP) is 3.46. The second-order valence-corrected chi connectivity index (χ2v) is 7.18. The standard InChI is InChI=1S/C18H20ClN5O/c1-11-13(9-20)8-14(19)18(22-11)23-15-5-7-25-17(15)16-4-6-21-24(16)10-12-2-3-12/h4,6,8,12,15,17H,2-3,5,7,10H2,1H3,(H,22,23)/t15-,17-/m0/s1. The van der Waals surface area contributed by atoms with Crippen LogP contribution in [0.2, 0.25) is 5.02 Å². The lowest BCUT2D eigenvalue weighted by Gasteiger charge is -2.22. The number of hydrogen-bond donors (Lipinski definition) is 1. The number of pyridine rings is 1. The normalized spacial score (nSPS) is 22.8. The fourth-order valence-corrected chi connectivity index (χ4v) is 3.49. The number of hydrogen-bond acceptors (Lipinski definition) is 5. The number of aromatic nitrogens is 3. The van der Waals surface area contributed by atoms with Gasteiger partial charge in [-0.05, 0) is 44.2 Å². The second-order valence-electron chi connectivity index (χ2n) is 6.78. The Morgan fingerprint density at radius 2 is 2.28 bits per heavy atom. The van der Waals surface area contributed by atoms with Gasteiger partial charge in [0.15, 0.2) is 0 Å². The van der Waals surface area contributed by atoms with Crippen LogP contribution in [-0.4, -0.2) is 27.4 Å². The van der Waals surface area contributed by atoms with E-state index in [1.165, 1.54) is 12.8 Å². The van der Waals surface area contributed by atoms with Crippen LogP contribution in [0.3, 0.4) is 0 Å². The van der Waals surface area contributed by atoms with Gasteiger partial charge in [-0.2, -0.15) is 10.4 Å². The van der Waals surface area contributed by atoms with E-state index >= 15 is 0 Å². The quantitative estimate of drug-likeness (QED) is 0.886. The van der Waals surface area contributed by atoms with E-state index in [1.807, 2.05) is 19.2 Å². The molecule has 2 aliphatic rings. The summed E-state index contributed by atoms with van der Waals surface area (Å²) < 4.78 is 8.06. The van der Waals surface area contributed by atoms with E-state index in [4.69, 9.17) is 21.6 Å². The van der Waals surface area contributed by atoms with Gasteiger partial charge < -0.3 is 10.1 Å². The van der Waals surface area contributed by atoms with Gasteiger partial charge in [-0.15, -0.1) is 0 Å². The first-order valence-electron chi connectivity index (χ1n) is 8.63. The molecule has 2 fully saturated rings. The zero-order valence-corrected chi connectivity index (χ0v) is 14.8. The van der Waals surface area contributed by atoms with E-state index in [9.17, 15) is 0 Å². The highest BCUT2D eigenvalue weighted by Gasteiger charge is 2.34. The highest BCUT2D eigenvalue weighted by Crippen LogP contribution is 2.35. The summed E-state index contributed by atoms with van der Waals surface area (Å²) in [6.45, 7) is 3.46. The van der Waals surface area contributed by atoms with Gasteiger partial charge in [0.2, 0.25) is 0 Å². The summed E-state index contributed by atoms with van der Waals surface area (Å²) >= 11 is 6.31. The molecule has 2 aromatic heterocycles. The summed E-state index contributed by atoms with van der Waals surface area (Å²) in [6, 6.07) is 5.88. The Morgan fingerprint density at radius 1 is 1.44 bits per heavy atom. The van der Waals surface area contributed by atoms with Gasteiger partial charge in [-0.3, -0.25) is 4.68 Å². The number of nitrogens with zero attached hydrogens (tertiary/aromatic N) is 4. The molecule has 0 unspecified atom stereocenters. The summed E-state index contributed by atoms with van der Waals surface area (Å²) in [7, 11) is 0. The van der Waals surface area contributed by atoms with Crippen molar-refractivity contribution in [1.82, 2.24) is 14.8 Å². The van der Waals surface area contributed by atoms with E-state index in [0.717, 1.165) is 24.6 Å². The molecular formula is C18H20ClN5O. The monoisotopic (exact) mass is 357 g/mol. The van der Waals surface area contributed by atoms with Crippen LogP contribution in [0.15, 0.2) is 18.3 Å². The van der Waals surface area contributed by atoms with Crippen LogP contribution in [-0.2, 0) is 11.3 Å². The third-order valence-electron chi connectivity index (χ3n) is 4.87. The molecule has 1 aliphatic heterocycles. The minimum Gasteiger partial charge on any atom is -0.370 e. The zero-order chi connectivity index (χ0) is 17.4. The smallest absolute Gasteiger partial charge is 0.145 e. The molecule has 25 heavy (non-hydrogen) atoms. The maximum Gasteiger partial charge on any atom is 0.145 e. The van der Waals surface area contributed by atoms with Crippen molar-refractivity contribution in [2.45, 2.75) is 44.9 Å². The fourth-order valence-electron chi connectivity index (χ4n) is 3.28. The van der Waals surface area contributed by atoms with E-state index < -0.39 is 0 Å². The van der Waals surface area contributed by atoms with Crippen molar-refractivity contribution in [3.05, 3.63) is 40.3 Å². The summed E-state index contributed by atoms with van der Waals surface area (Å²) in [5.74, 6) is 1.36. The Balaban J connectivity index is 1.55. The summed E-state index contributed by atoms with van der Waals surface area (Å²) in [6.07, 6.45) is 5.21. The van der Waals surface area contributed by atoms with Crippen molar-refractivity contribution < 1.29 is 4.74 Å². The molecule has 6 nitrogen and oxygen atoms in total. The van der Waals surface area contributed by atoms with Gasteiger partial charge in [0.1, 0.15) is 18.0 Å². The Morgan fingerprint density at radius 3 is 3.04 bits per heavy atom. The molecule has 2 atom stereocenters. The molecule has 0 radical (unpaired) electrons. The lowest BCUT2D eigenvalue weighted by atomic mass is 10.1. The van der Waals surface area contributed by atoms with Crippen LogP contribution >= 0.6 is 11.6 Å². The van der Waals surface area contributed by atoms with Crippen molar-refractivity contribution in [3.63, 3.8) is 0 Å². The highest BCUT2D eigenvalue weighted by molar-refractivity contribution is 6.33. The number of halogens is 1. The Bertz CT molecular complexity index is 823. The van der Waals surface area contributed by atoms with Crippen molar-refractivity contribution in [3.8, 4) is 6.07 Å².